The first-order valence-corrected chi connectivity index (χ1v) is 9.40. The van der Waals surface area contributed by atoms with Crippen LogP contribution in [-0.4, -0.2) is 27.9 Å². The monoisotopic (exact) mass is 326 g/mol. The fraction of sp³-hybridized carbons (Fsp3) is 0.529. The lowest BCUT2D eigenvalue weighted by atomic mass is 9.99. The molecule has 0 saturated carbocycles. The first kappa shape index (κ1) is 18.9. The van der Waals surface area contributed by atoms with E-state index in [0.717, 1.165) is 31.9 Å². The highest BCUT2D eigenvalue weighted by Crippen LogP contribution is 2.15. The molecular weight excluding hydrogens is 300 g/mol. The standard InChI is InChI=1S/C17H26O4S/c1-3-9-16(15-21-22(2,18)19)12-7-8-13-20-14-17-10-5-4-6-11-17/h3-6,10-11,16H,1,7-9,12-15H2,2H3/t16-/m1/s1. The lowest BCUT2D eigenvalue weighted by molar-refractivity contribution is 0.115. The van der Waals surface area contributed by atoms with Gasteiger partial charge in [-0.1, -0.05) is 42.8 Å². The van der Waals surface area contributed by atoms with Gasteiger partial charge in [-0.25, -0.2) is 0 Å². The van der Waals surface area contributed by atoms with E-state index in [9.17, 15) is 8.42 Å². The Labute approximate surface area is 134 Å². The third-order valence-corrected chi connectivity index (χ3v) is 3.84. The second-order valence-electron chi connectivity index (χ2n) is 5.41. The SMILES string of the molecule is C=CC[C@H](CCCCOCc1ccccc1)COS(C)(=O)=O. The fourth-order valence-corrected chi connectivity index (χ4v) is 2.57. The molecular formula is C17H26O4S. The van der Waals surface area contributed by atoms with Crippen molar-refractivity contribution >= 4 is 10.1 Å². The van der Waals surface area contributed by atoms with Crippen molar-refractivity contribution in [2.45, 2.75) is 32.3 Å². The van der Waals surface area contributed by atoms with E-state index in [1.165, 1.54) is 5.56 Å². The molecule has 1 aromatic carbocycles. The molecule has 0 N–H and O–H groups in total. The highest BCUT2D eigenvalue weighted by Gasteiger charge is 2.11. The van der Waals surface area contributed by atoms with E-state index in [1.54, 1.807) is 0 Å². The van der Waals surface area contributed by atoms with Gasteiger partial charge < -0.3 is 4.74 Å². The molecule has 0 bridgehead atoms. The molecule has 0 spiro atoms. The first-order chi connectivity index (χ1) is 10.5. The van der Waals surface area contributed by atoms with Gasteiger partial charge in [0.05, 0.1) is 19.5 Å². The normalized spacial score (nSPS) is 13.0. The molecule has 22 heavy (non-hydrogen) atoms. The molecule has 0 heterocycles. The van der Waals surface area contributed by atoms with Crippen LogP contribution in [0.25, 0.3) is 0 Å². The summed E-state index contributed by atoms with van der Waals surface area (Å²) in [5.41, 5.74) is 1.17. The van der Waals surface area contributed by atoms with Crippen LogP contribution in [0, 0.1) is 5.92 Å². The lowest BCUT2D eigenvalue weighted by Crippen LogP contribution is -2.13. The summed E-state index contributed by atoms with van der Waals surface area (Å²) in [6.45, 7) is 5.28. The number of ether oxygens (including phenoxy) is 1. The molecule has 0 aliphatic carbocycles. The number of allylic oxidation sites excluding steroid dienone is 1. The van der Waals surface area contributed by atoms with Crippen molar-refractivity contribution in [1.29, 1.82) is 0 Å². The van der Waals surface area contributed by atoms with Crippen LogP contribution < -0.4 is 0 Å². The van der Waals surface area contributed by atoms with Crippen molar-refractivity contribution in [1.82, 2.24) is 0 Å². The van der Waals surface area contributed by atoms with Gasteiger partial charge in [0.15, 0.2) is 0 Å². The summed E-state index contributed by atoms with van der Waals surface area (Å²) in [6, 6.07) is 10.1. The maximum absolute atomic E-state index is 11.0. The molecule has 0 amide bonds. The Morgan fingerprint density at radius 2 is 1.95 bits per heavy atom. The predicted molar refractivity (Wildman–Crippen MR) is 89.0 cm³/mol. The molecule has 0 unspecified atom stereocenters. The molecule has 0 saturated heterocycles. The average molecular weight is 326 g/mol. The molecule has 1 aromatic rings. The Balaban J connectivity index is 2.13. The summed E-state index contributed by atoms with van der Waals surface area (Å²) in [4.78, 5) is 0. The number of benzene rings is 1. The van der Waals surface area contributed by atoms with Gasteiger partial charge in [0.1, 0.15) is 0 Å². The van der Waals surface area contributed by atoms with Gasteiger partial charge in [-0.15, -0.1) is 6.58 Å². The molecule has 124 valence electrons. The van der Waals surface area contributed by atoms with Gasteiger partial charge >= 0.3 is 0 Å². The molecule has 0 aliphatic heterocycles. The molecule has 1 atom stereocenters. The maximum Gasteiger partial charge on any atom is 0.264 e. The number of hydrogen-bond donors (Lipinski definition) is 0. The van der Waals surface area contributed by atoms with Crippen molar-refractivity contribution < 1.29 is 17.3 Å². The van der Waals surface area contributed by atoms with Crippen molar-refractivity contribution in [3.8, 4) is 0 Å². The van der Waals surface area contributed by atoms with Gasteiger partial charge in [-0.3, -0.25) is 4.18 Å². The topological polar surface area (TPSA) is 52.6 Å². The van der Waals surface area contributed by atoms with E-state index < -0.39 is 10.1 Å². The van der Waals surface area contributed by atoms with Gasteiger partial charge in [-0.05, 0) is 30.7 Å². The van der Waals surface area contributed by atoms with Crippen LogP contribution in [0.5, 0.6) is 0 Å². The highest BCUT2D eigenvalue weighted by molar-refractivity contribution is 7.85. The van der Waals surface area contributed by atoms with Crippen molar-refractivity contribution in [2.24, 2.45) is 5.92 Å². The molecule has 0 fully saturated rings. The Morgan fingerprint density at radius 1 is 1.23 bits per heavy atom. The number of hydrogen-bond acceptors (Lipinski definition) is 4. The second kappa shape index (κ2) is 10.5. The van der Waals surface area contributed by atoms with Crippen molar-refractivity contribution in [3.05, 3.63) is 48.6 Å². The summed E-state index contributed by atoms with van der Waals surface area (Å²) in [7, 11) is -3.37. The molecule has 0 radical (unpaired) electrons. The highest BCUT2D eigenvalue weighted by atomic mass is 32.2. The average Bonchev–Trinajstić information content (AvgIpc) is 2.48. The van der Waals surface area contributed by atoms with Crippen LogP contribution in [0.15, 0.2) is 43.0 Å². The summed E-state index contributed by atoms with van der Waals surface area (Å²) in [5, 5.41) is 0. The van der Waals surface area contributed by atoms with E-state index in [2.05, 4.69) is 6.58 Å². The molecule has 0 aliphatic rings. The predicted octanol–water partition coefficient (Wildman–Crippen LogP) is 3.54. The summed E-state index contributed by atoms with van der Waals surface area (Å²) in [5.74, 6) is 0.196. The third kappa shape index (κ3) is 9.71. The third-order valence-electron chi connectivity index (χ3n) is 3.28. The quantitative estimate of drug-likeness (QED) is 0.335. The zero-order chi connectivity index (χ0) is 16.3. The van der Waals surface area contributed by atoms with Crippen LogP contribution in [-0.2, 0) is 25.6 Å². The first-order valence-electron chi connectivity index (χ1n) is 7.58. The Kier molecular flexibility index (Phi) is 9.04. The van der Waals surface area contributed by atoms with Crippen LogP contribution in [0.4, 0.5) is 0 Å². The maximum atomic E-state index is 11.0. The van der Waals surface area contributed by atoms with Crippen LogP contribution in [0.1, 0.15) is 31.2 Å². The van der Waals surface area contributed by atoms with E-state index >= 15 is 0 Å². The zero-order valence-electron chi connectivity index (χ0n) is 13.2. The summed E-state index contributed by atoms with van der Waals surface area (Å²) >= 11 is 0. The minimum absolute atomic E-state index is 0.196. The van der Waals surface area contributed by atoms with Crippen LogP contribution in [0.2, 0.25) is 0 Å². The number of rotatable bonds is 12. The van der Waals surface area contributed by atoms with E-state index in [4.69, 9.17) is 8.92 Å². The number of unbranched alkanes of at least 4 members (excludes halogenated alkanes) is 1. The molecule has 5 heteroatoms. The smallest absolute Gasteiger partial charge is 0.264 e. The van der Waals surface area contributed by atoms with E-state index in [1.807, 2.05) is 36.4 Å². The Hall–Kier alpha value is -1.17. The lowest BCUT2D eigenvalue weighted by Gasteiger charge is -2.14. The molecule has 1 rings (SSSR count). The van der Waals surface area contributed by atoms with Gasteiger partial charge in [-0.2, -0.15) is 8.42 Å². The Bertz CT molecular complexity index is 511. The largest absolute Gasteiger partial charge is 0.377 e. The zero-order valence-corrected chi connectivity index (χ0v) is 14.1. The second-order valence-corrected chi connectivity index (χ2v) is 7.06. The van der Waals surface area contributed by atoms with Gasteiger partial charge in [0.2, 0.25) is 0 Å². The van der Waals surface area contributed by atoms with Crippen LogP contribution in [0.3, 0.4) is 0 Å². The fourth-order valence-electron chi connectivity index (χ4n) is 2.13. The van der Waals surface area contributed by atoms with E-state index in [0.29, 0.717) is 13.2 Å². The minimum Gasteiger partial charge on any atom is -0.377 e. The molecule has 4 nitrogen and oxygen atoms in total. The van der Waals surface area contributed by atoms with E-state index in [-0.39, 0.29) is 12.5 Å². The van der Waals surface area contributed by atoms with Gasteiger partial charge in [0, 0.05) is 6.61 Å². The van der Waals surface area contributed by atoms with Crippen molar-refractivity contribution in [2.75, 3.05) is 19.5 Å². The van der Waals surface area contributed by atoms with Gasteiger partial charge in [0.25, 0.3) is 10.1 Å². The summed E-state index contributed by atoms with van der Waals surface area (Å²) in [6.07, 6.45) is 6.51. The van der Waals surface area contributed by atoms with Crippen molar-refractivity contribution in [3.63, 3.8) is 0 Å². The molecule has 0 aromatic heterocycles. The minimum atomic E-state index is -3.37. The van der Waals surface area contributed by atoms with Crippen LogP contribution >= 0.6 is 0 Å². The Morgan fingerprint density at radius 3 is 2.59 bits per heavy atom. The summed E-state index contributed by atoms with van der Waals surface area (Å²) < 4.78 is 32.5.